The average Bonchev–Trinajstić information content (AvgIpc) is 3.15. The van der Waals surface area contributed by atoms with Gasteiger partial charge in [0.2, 0.25) is 0 Å². The number of hydrogen-bond donors (Lipinski definition) is 2. The Bertz CT molecular complexity index is 1320. The van der Waals surface area contributed by atoms with E-state index in [1.165, 1.54) is 19.4 Å². The molecule has 0 aliphatic carbocycles. The molecule has 2 N–H and O–H groups in total. The van der Waals surface area contributed by atoms with Gasteiger partial charge in [0, 0.05) is 36.1 Å². The number of halogens is 1. The van der Waals surface area contributed by atoms with Gasteiger partial charge in [-0.25, -0.2) is 14.6 Å². The monoisotopic (exact) mass is 451 g/mol. The summed E-state index contributed by atoms with van der Waals surface area (Å²) in [4.78, 5) is 27.9. The van der Waals surface area contributed by atoms with Crippen molar-refractivity contribution >= 4 is 45.9 Å². The number of benzene rings is 2. The molecule has 0 saturated carbocycles. The molecule has 0 aliphatic heterocycles. The van der Waals surface area contributed by atoms with E-state index in [2.05, 4.69) is 25.5 Å². The predicted molar refractivity (Wildman–Crippen MR) is 120 cm³/mol. The highest BCUT2D eigenvalue weighted by molar-refractivity contribution is 6.32. The molecule has 0 spiro atoms. The molecule has 2 aromatic carbocycles. The number of ether oxygens (including phenoxy) is 2. The molecule has 4 rings (SSSR count). The van der Waals surface area contributed by atoms with Crippen LogP contribution in [0.4, 0.5) is 16.2 Å². The van der Waals surface area contributed by atoms with Crippen LogP contribution in [0.2, 0.25) is 5.02 Å². The van der Waals surface area contributed by atoms with Gasteiger partial charge >= 0.3 is 12.0 Å². The molecule has 0 aliphatic rings. The molecule has 0 bridgehead atoms. The van der Waals surface area contributed by atoms with Gasteiger partial charge in [0.15, 0.2) is 5.69 Å². The second-order valence-corrected chi connectivity index (χ2v) is 7.14. The van der Waals surface area contributed by atoms with E-state index in [0.717, 1.165) is 10.9 Å². The summed E-state index contributed by atoms with van der Waals surface area (Å²) in [6.45, 7) is 0. The van der Waals surface area contributed by atoms with Crippen LogP contribution in [0.5, 0.6) is 11.5 Å². The highest BCUT2D eigenvalue weighted by atomic mass is 35.5. The normalized spacial score (nSPS) is 10.6. The van der Waals surface area contributed by atoms with Gasteiger partial charge in [-0.15, -0.1) is 0 Å². The zero-order valence-electron chi connectivity index (χ0n) is 17.1. The van der Waals surface area contributed by atoms with Gasteiger partial charge in [-0.3, -0.25) is 4.68 Å². The third kappa shape index (κ3) is 4.62. The molecule has 0 atom stereocenters. The maximum Gasteiger partial charge on any atom is 0.356 e. The fourth-order valence-electron chi connectivity index (χ4n) is 3.01. The zero-order chi connectivity index (χ0) is 22.7. The van der Waals surface area contributed by atoms with Gasteiger partial charge in [0.1, 0.15) is 11.5 Å². The number of rotatable bonds is 5. The lowest BCUT2D eigenvalue weighted by Crippen LogP contribution is -2.19. The second-order valence-electron chi connectivity index (χ2n) is 6.74. The lowest BCUT2D eigenvalue weighted by Gasteiger charge is -2.11. The molecule has 2 aromatic heterocycles. The number of aromatic nitrogens is 3. The molecular formula is C22H18ClN5O4. The minimum absolute atomic E-state index is 0.112. The van der Waals surface area contributed by atoms with Gasteiger partial charge in [-0.05, 0) is 42.5 Å². The first-order valence-corrected chi connectivity index (χ1v) is 9.82. The Morgan fingerprint density at radius 1 is 1.03 bits per heavy atom. The lowest BCUT2D eigenvalue weighted by molar-refractivity contribution is 0.0593. The number of amides is 2. The van der Waals surface area contributed by atoms with Crippen molar-refractivity contribution in [1.29, 1.82) is 0 Å². The largest absolute Gasteiger partial charge is 0.464 e. The number of hydrogen-bond acceptors (Lipinski definition) is 6. The van der Waals surface area contributed by atoms with E-state index in [1.807, 2.05) is 19.2 Å². The van der Waals surface area contributed by atoms with Crippen molar-refractivity contribution in [3.8, 4) is 11.5 Å². The summed E-state index contributed by atoms with van der Waals surface area (Å²) in [6.07, 6.45) is 3.16. The highest BCUT2D eigenvalue weighted by Gasteiger charge is 2.11. The van der Waals surface area contributed by atoms with Crippen LogP contribution in [-0.4, -0.2) is 33.9 Å². The van der Waals surface area contributed by atoms with Crippen molar-refractivity contribution in [1.82, 2.24) is 14.8 Å². The van der Waals surface area contributed by atoms with E-state index in [9.17, 15) is 9.59 Å². The number of fused-ring (bicyclic) bond motifs is 1. The summed E-state index contributed by atoms with van der Waals surface area (Å²) < 4.78 is 12.1. The third-order valence-electron chi connectivity index (χ3n) is 4.55. The zero-order valence-corrected chi connectivity index (χ0v) is 17.9. The fraction of sp³-hybridized carbons (Fsp3) is 0.0909. The molecule has 9 nitrogen and oxygen atoms in total. The van der Waals surface area contributed by atoms with Crippen LogP contribution in [0.15, 0.2) is 60.9 Å². The minimum atomic E-state index is -0.574. The summed E-state index contributed by atoms with van der Waals surface area (Å²) in [5.41, 5.74) is 2.19. The van der Waals surface area contributed by atoms with E-state index in [0.29, 0.717) is 22.9 Å². The number of methoxy groups -OCH3 is 1. The van der Waals surface area contributed by atoms with E-state index < -0.39 is 12.0 Å². The van der Waals surface area contributed by atoms with Crippen molar-refractivity contribution < 1.29 is 19.1 Å². The number of nitrogens with zero attached hydrogens (tertiary/aromatic N) is 3. The van der Waals surface area contributed by atoms with Gasteiger partial charge in [-0.1, -0.05) is 11.6 Å². The number of esters is 1. The Balaban J connectivity index is 1.42. The summed E-state index contributed by atoms with van der Waals surface area (Å²) in [6, 6.07) is 12.9. The first-order chi connectivity index (χ1) is 15.4. The molecule has 2 heterocycles. The standard InChI is InChI=1S/C22H18ClN5O4/c1-28-19-5-3-14(9-13(19)12-25-28)26-22(30)27-15-4-6-20(17(23)10-15)32-16-7-8-24-18(11-16)21(29)31-2/h3-12H,1-2H3,(H2,26,27,30). The molecule has 0 fully saturated rings. The first kappa shape index (κ1) is 21.1. The van der Waals surface area contributed by atoms with Gasteiger partial charge in [0.25, 0.3) is 0 Å². The van der Waals surface area contributed by atoms with Crippen LogP contribution in [0.1, 0.15) is 10.5 Å². The van der Waals surface area contributed by atoms with Gasteiger partial charge in [0.05, 0.1) is 23.8 Å². The average molecular weight is 452 g/mol. The molecule has 0 radical (unpaired) electrons. The lowest BCUT2D eigenvalue weighted by atomic mass is 10.2. The number of aryl methyl sites for hydroxylation is 1. The highest BCUT2D eigenvalue weighted by Crippen LogP contribution is 2.32. The van der Waals surface area contributed by atoms with Crippen molar-refractivity contribution in [2.24, 2.45) is 7.05 Å². The number of urea groups is 1. The Morgan fingerprint density at radius 2 is 1.78 bits per heavy atom. The summed E-state index contributed by atoms with van der Waals surface area (Å²) in [7, 11) is 3.12. The fourth-order valence-corrected chi connectivity index (χ4v) is 3.23. The number of carbonyl (C=O) groups excluding carboxylic acids is 2. The SMILES string of the molecule is COC(=O)c1cc(Oc2ccc(NC(=O)Nc3ccc4c(cnn4C)c3)cc2Cl)ccn1. The number of nitrogens with one attached hydrogen (secondary N) is 2. The number of pyridine rings is 1. The van der Waals surface area contributed by atoms with E-state index in [1.54, 1.807) is 41.2 Å². The predicted octanol–water partition coefficient (Wildman–Crippen LogP) is 4.84. The molecule has 0 saturated heterocycles. The second kappa shape index (κ2) is 8.94. The van der Waals surface area contributed by atoms with E-state index in [-0.39, 0.29) is 10.7 Å². The summed E-state index contributed by atoms with van der Waals surface area (Å²) in [5, 5.41) is 10.9. The Morgan fingerprint density at radius 3 is 2.53 bits per heavy atom. The van der Waals surface area contributed by atoms with Crippen LogP contribution < -0.4 is 15.4 Å². The minimum Gasteiger partial charge on any atom is -0.464 e. The van der Waals surface area contributed by atoms with Crippen LogP contribution in [-0.2, 0) is 11.8 Å². The van der Waals surface area contributed by atoms with Crippen LogP contribution in [0.3, 0.4) is 0 Å². The first-order valence-electron chi connectivity index (χ1n) is 9.44. The van der Waals surface area contributed by atoms with Crippen molar-refractivity contribution in [2.75, 3.05) is 17.7 Å². The summed E-state index contributed by atoms with van der Waals surface area (Å²) >= 11 is 6.31. The molecule has 10 heteroatoms. The third-order valence-corrected chi connectivity index (χ3v) is 4.84. The van der Waals surface area contributed by atoms with Crippen molar-refractivity contribution in [2.45, 2.75) is 0 Å². The van der Waals surface area contributed by atoms with Gasteiger partial charge in [-0.2, -0.15) is 5.10 Å². The molecule has 4 aromatic rings. The Kier molecular flexibility index (Phi) is 5.91. The molecule has 162 valence electrons. The maximum absolute atomic E-state index is 12.4. The Labute approximate surface area is 187 Å². The quantitative estimate of drug-likeness (QED) is 0.420. The number of anilines is 2. The number of carbonyl (C=O) groups is 2. The van der Waals surface area contributed by atoms with Crippen molar-refractivity contribution in [3.63, 3.8) is 0 Å². The Hall–Kier alpha value is -4.11. The topological polar surface area (TPSA) is 107 Å². The van der Waals surface area contributed by atoms with E-state index >= 15 is 0 Å². The molecule has 32 heavy (non-hydrogen) atoms. The van der Waals surface area contributed by atoms with Crippen LogP contribution in [0.25, 0.3) is 10.9 Å². The summed E-state index contributed by atoms with van der Waals surface area (Å²) in [5.74, 6) is 0.142. The van der Waals surface area contributed by atoms with Crippen molar-refractivity contribution in [3.05, 3.63) is 71.6 Å². The molecular weight excluding hydrogens is 434 g/mol. The van der Waals surface area contributed by atoms with E-state index in [4.69, 9.17) is 16.3 Å². The van der Waals surface area contributed by atoms with Gasteiger partial charge < -0.3 is 20.1 Å². The molecule has 0 unspecified atom stereocenters. The smallest absolute Gasteiger partial charge is 0.356 e. The maximum atomic E-state index is 12.4. The van der Waals surface area contributed by atoms with Crippen LogP contribution >= 0.6 is 11.6 Å². The molecule has 2 amide bonds. The van der Waals surface area contributed by atoms with Crippen LogP contribution in [0, 0.1) is 0 Å².